The second-order valence-corrected chi connectivity index (χ2v) is 5.07. The molecule has 1 aromatic carbocycles. The number of nitriles is 1. The van der Waals surface area contributed by atoms with Crippen LogP contribution in [-0.4, -0.2) is 12.1 Å². The van der Waals surface area contributed by atoms with E-state index in [2.05, 4.69) is 11.4 Å². The first kappa shape index (κ1) is 12.1. The maximum atomic E-state index is 12.8. The van der Waals surface area contributed by atoms with Crippen molar-refractivity contribution in [1.82, 2.24) is 5.32 Å². The van der Waals surface area contributed by atoms with E-state index in [0.717, 1.165) is 18.0 Å². The van der Waals surface area contributed by atoms with Gasteiger partial charge in [0.25, 0.3) is 0 Å². The van der Waals surface area contributed by atoms with Gasteiger partial charge < -0.3 is 0 Å². The Morgan fingerprint density at radius 2 is 2.06 bits per heavy atom. The Bertz CT molecular complexity index is 417. The van der Waals surface area contributed by atoms with Crippen LogP contribution in [0.25, 0.3) is 0 Å². The summed E-state index contributed by atoms with van der Waals surface area (Å²) in [6.07, 6.45) is 3.15. The molecule has 0 saturated heterocycles. The van der Waals surface area contributed by atoms with Crippen LogP contribution in [0.15, 0.2) is 24.3 Å². The van der Waals surface area contributed by atoms with Crippen molar-refractivity contribution in [2.75, 3.05) is 6.54 Å². The first-order chi connectivity index (χ1) is 8.11. The van der Waals surface area contributed by atoms with Crippen molar-refractivity contribution >= 4 is 0 Å². The molecule has 1 aromatic rings. The molecule has 1 aliphatic carbocycles. The van der Waals surface area contributed by atoms with Gasteiger partial charge in [0.05, 0.1) is 6.07 Å². The number of benzene rings is 1. The van der Waals surface area contributed by atoms with Crippen LogP contribution in [0, 0.1) is 23.1 Å². The Morgan fingerprint density at radius 3 is 2.59 bits per heavy atom. The lowest BCUT2D eigenvalue weighted by molar-refractivity contribution is 0.433. The summed E-state index contributed by atoms with van der Waals surface area (Å²) in [6, 6.07) is 8.68. The Labute approximate surface area is 101 Å². The van der Waals surface area contributed by atoms with Gasteiger partial charge >= 0.3 is 0 Å². The van der Waals surface area contributed by atoms with Gasteiger partial charge in [0.1, 0.15) is 11.4 Å². The monoisotopic (exact) mass is 232 g/mol. The van der Waals surface area contributed by atoms with Crippen LogP contribution >= 0.6 is 0 Å². The molecule has 0 aliphatic heterocycles. The molecule has 0 radical (unpaired) electrons. The third-order valence-electron chi connectivity index (χ3n) is 3.20. The minimum Gasteiger partial charge on any atom is -0.299 e. The fourth-order valence-electron chi connectivity index (χ4n) is 1.84. The molecule has 0 spiro atoms. The summed E-state index contributed by atoms with van der Waals surface area (Å²) in [6.45, 7) is 2.81. The highest BCUT2D eigenvalue weighted by atomic mass is 19.1. The zero-order valence-electron chi connectivity index (χ0n) is 10.0. The fourth-order valence-corrected chi connectivity index (χ4v) is 1.84. The minimum absolute atomic E-state index is 0.238. The molecule has 1 fully saturated rings. The van der Waals surface area contributed by atoms with Gasteiger partial charge in [-0.1, -0.05) is 12.1 Å². The van der Waals surface area contributed by atoms with Crippen LogP contribution in [0.1, 0.15) is 25.3 Å². The third kappa shape index (κ3) is 3.54. The summed E-state index contributed by atoms with van der Waals surface area (Å²) in [7, 11) is 0. The maximum Gasteiger partial charge on any atom is 0.123 e. The van der Waals surface area contributed by atoms with Crippen molar-refractivity contribution in [2.45, 2.75) is 31.7 Å². The van der Waals surface area contributed by atoms with Crippen LogP contribution in [-0.2, 0) is 6.42 Å². The molecule has 1 saturated carbocycles. The number of hydrogen-bond donors (Lipinski definition) is 1. The smallest absolute Gasteiger partial charge is 0.123 e. The zero-order valence-corrected chi connectivity index (χ0v) is 10.0. The molecular weight excluding hydrogens is 215 g/mol. The van der Waals surface area contributed by atoms with Crippen molar-refractivity contribution in [1.29, 1.82) is 5.26 Å². The molecule has 1 aliphatic rings. The third-order valence-corrected chi connectivity index (χ3v) is 3.20. The summed E-state index contributed by atoms with van der Waals surface area (Å²) in [5.41, 5.74) is 0.430. The van der Waals surface area contributed by atoms with Crippen molar-refractivity contribution in [3.8, 4) is 6.07 Å². The quantitative estimate of drug-likeness (QED) is 0.847. The highest BCUT2D eigenvalue weighted by molar-refractivity contribution is 5.22. The number of nitrogens with one attached hydrogen (secondary N) is 1. The molecule has 3 heteroatoms. The van der Waals surface area contributed by atoms with Crippen LogP contribution in [0.3, 0.4) is 0 Å². The van der Waals surface area contributed by atoms with Gasteiger partial charge in [0, 0.05) is 6.42 Å². The van der Waals surface area contributed by atoms with Gasteiger partial charge in [-0.3, -0.25) is 5.32 Å². The van der Waals surface area contributed by atoms with E-state index in [4.69, 9.17) is 0 Å². The average Bonchev–Trinajstić information content (AvgIpc) is 3.14. The topological polar surface area (TPSA) is 35.8 Å². The summed E-state index contributed by atoms with van der Waals surface area (Å²) >= 11 is 0. The number of halogens is 1. The van der Waals surface area contributed by atoms with Gasteiger partial charge in [-0.25, -0.2) is 4.39 Å². The first-order valence-electron chi connectivity index (χ1n) is 6.02. The van der Waals surface area contributed by atoms with Crippen LogP contribution < -0.4 is 5.32 Å². The van der Waals surface area contributed by atoms with Crippen molar-refractivity contribution < 1.29 is 4.39 Å². The summed E-state index contributed by atoms with van der Waals surface area (Å²) in [5.74, 6) is 0.509. The van der Waals surface area contributed by atoms with Crippen LogP contribution in [0.5, 0.6) is 0 Å². The molecule has 1 N–H and O–H groups in total. The lowest BCUT2D eigenvalue weighted by atomic mass is 9.94. The van der Waals surface area contributed by atoms with E-state index < -0.39 is 5.54 Å². The highest BCUT2D eigenvalue weighted by Gasteiger charge is 2.28. The van der Waals surface area contributed by atoms with Crippen molar-refractivity contribution in [2.24, 2.45) is 5.92 Å². The molecule has 17 heavy (non-hydrogen) atoms. The zero-order chi connectivity index (χ0) is 12.3. The lowest BCUT2D eigenvalue weighted by Gasteiger charge is -2.23. The van der Waals surface area contributed by atoms with E-state index in [9.17, 15) is 9.65 Å². The van der Waals surface area contributed by atoms with E-state index in [1.165, 1.54) is 25.0 Å². The van der Waals surface area contributed by atoms with E-state index in [-0.39, 0.29) is 5.82 Å². The molecule has 0 aromatic heterocycles. The molecule has 0 heterocycles. The molecular formula is C14H17FN2. The Kier molecular flexibility index (Phi) is 3.44. The molecule has 0 bridgehead atoms. The summed E-state index contributed by atoms with van der Waals surface area (Å²) in [5, 5.41) is 12.6. The minimum atomic E-state index is -0.555. The number of hydrogen-bond acceptors (Lipinski definition) is 2. The van der Waals surface area contributed by atoms with Crippen LogP contribution in [0.4, 0.5) is 4.39 Å². The van der Waals surface area contributed by atoms with E-state index >= 15 is 0 Å². The van der Waals surface area contributed by atoms with Gasteiger partial charge in [-0.2, -0.15) is 5.26 Å². The SMILES string of the molecule is CC(C#N)(Cc1ccc(F)cc1)NCC1CC1. The van der Waals surface area contributed by atoms with E-state index in [1.54, 1.807) is 12.1 Å². The van der Waals surface area contributed by atoms with Crippen LogP contribution in [0.2, 0.25) is 0 Å². The van der Waals surface area contributed by atoms with E-state index in [0.29, 0.717) is 6.42 Å². The lowest BCUT2D eigenvalue weighted by Crippen LogP contribution is -2.44. The Balaban J connectivity index is 1.97. The highest BCUT2D eigenvalue weighted by Crippen LogP contribution is 2.28. The van der Waals surface area contributed by atoms with Gasteiger partial charge in [0.2, 0.25) is 0 Å². The Hall–Kier alpha value is -1.40. The maximum absolute atomic E-state index is 12.8. The molecule has 1 unspecified atom stereocenters. The summed E-state index contributed by atoms with van der Waals surface area (Å²) in [4.78, 5) is 0. The van der Waals surface area contributed by atoms with E-state index in [1.807, 2.05) is 6.92 Å². The second-order valence-electron chi connectivity index (χ2n) is 5.07. The predicted octanol–water partition coefficient (Wildman–Crippen LogP) is 2.65. The van der Waals surface area contributed by atoms with Gasteiger partial charge in [0.15, 0.2) is 0 Å². The van der Waals surface area contributed by atoms with Gasteiger partial charge in [-0.05, 0) is 49.9 Å². The number of rotatable bonds is 5. The second kappa shape index (κ2) is 4.85. The molecule has 1 atom stereocenters. The molecule has 2 rings (SSSR count). The van der Waals surface area contributed by atoms with Crippen molar-refractivity contribution in [3.05, 3.63) is 35.6 Å². The average molecular weight is 232 g/mol. The predicted molar refractivity (Wildman–Crippen MR) is 64.8 cm³/mol. The Morgan fingerprint density at radius 1 is 1.41 bits per heavy atom. The summed E-state index contributed by atoms with van der Waals surface area (Å²) < 4.78 is 12.8. The molecule has 90 valence electrons. The molecule has 0 amide bonds. The normalized spacial score (nSPS) is 18.4. The standard InChI is InChI=1S/C14H17FN2/c1-14(10-16,17-9-12-2-3-12)8-11-4-6-13(15)7-5-11/h4-7,12,17H,2-3,8-9H2,1H3. The largest absolute Gasteiger partial charge is 0.299 e. The molecule has 2 nitrogen and oxygen atoms in total. The number of nitrogens with zero attached hydrogens (tertiary/aromatic N) is 1. The van der Waals surface area contributed by atoms with Crippen molar-refractivity contribution in [3.63, 3.8) is 0 Å². The van der Waals surface area contributed by atoms with Gasteiger partial charge in [-0.15, -0.1) is 0 Å². The first-order valence-corrected chi connectivity index (χ1v) is 6.02. The fraction of sp³-hybridized carbons (Fsp3) is 0.500.